The summed E-state index contributed by atoms with van der Waals surface area (Å²) in [5, 5.41) is 7.57. The molecule has 3 aromatic carbocycles. The zero-order valence-electron chi connectivity index (χ0n) is 35.5. The first-order valence-electron chi connectivity index (χ1n) is 18.1. The van der Waals surface area contributed by atoms with E-state index in [1.807, 2.05) is 0 Å². The number of benzene rings is 3. The average Bonchev–Trinajstić information content (AvgIpc) is 3.25. The maximum Gasteiger partial charge on any atom is 0.425 e. The fourth-order valence-electron chi connectivity index (χ4n) is 5.01. The van der Waals surface area contributed by atoms with Crippen molar-refractivity contribution in [2.45, 2.75) is 20.8 Å². The molecule has 316 valence electrons. The molecule has 0 aliphatic carbocycles. The van der Waals surface area contributed by atoms with Gasteiger partial charge in [-0.3, -0.25) is 16.0 Å². The van der Waals surface area contributed by atoms with Crippen LogP contribution in [-0.2, 0) is 14.2 Å². The first-order valence-corrected chi connectivity index (χ1v) is 18.1. The van der Waals surface area contributed by atoms with E-state index in [1.54, 1.807) is 20.8 Å². The molecule has 17 heteroatoms. The summed E-state index contributed by atoms with van der Waals surface area (Å²) in [7, 11) is 0. The van der Waals surface area contributed by atoms with Gasteiger partial charge in [-0.15, -0.1) is 6.42 Å². The van der Waals surface area contributed by atoms with E-state index in [-0.39, 0.29) is 47.3 Å². The number of hydrogen-bond acceptors (Lipinski definition) is 9. The Morgan fingerprint density at radius 1 is 0.500 bits per heavy atom. The Morgan fingerprint density at radius 3 is 1.09 bits per heavy atom. The molecular weight excluding hydrogens is 1350 g/mol. The molecule has 0 unspecified atom stereocenters. The van der Waals surface area contributed by atoms with Crippen LogP contribution in [0.15, 0.2) is 69.0 Å². The number of amides is 3. The number of ether oxygens (including phenoxy) is 3. The van der Waals surface area contributed by atoms with Crippen molar-refractivity contribution in [2.24, 2.45) is 0 Å². The minimum absolute atomic E-state index is 0. The third kappa shape index (κ3) is 13.5. The summed E-state index contributed by atoms with van der Waals surface area (Å²) >= 11 is 0. The maximum atomic E-state index is 14.4. The van der Waals surface area contributed by atoms with Crippen LogP contribution in [0.2, 0.25) is 0 Å². The topological polar surface area (TPSA) is 181 Å². The van der Waals surface area contributed by atoms with Crippen LogP contribution < -0.4 is 33.0 Å². The molecule has 1 aromatic heterocycles. The first kappa shape index (κ1) is 50.1. The second-order valence-electron chi connectivity index (χ2n) is 12.0. The second-order valence-corrected chi connectivity index (χ2v) is 12.0. The van der Waals surface area contributed by atoms with Gasteiger partial charge >= 0.3 is 35.3 Å². The molecule has 0 bridgehead atoms. The van der Waals surface area contributed by atoms with E-state index in [0.717, 1.165) is 0 Å². The summed E-state index contributed by atoms with van der Waals surface area (Å²) in [5.74, 6) is 38.3. The second kappa shape index (κ2) is 24.8. The van der Waals surface area contributed by atoms with Gasteiger partial charge in [-0.1, -0.05) is 18.2 Å². The van der Waals surface area contributed by atoms with Crippen LogP contribution in [0.3, 0.4) is 0 Å². The molecule has 66 heavy (non-hydrogen) atoms. The summed E-state index contributed by atoms with van der Waals surface area (Å²) in [5.41, 5.74) is -1.47. The fourth-order valence-corrected chi connectivity index (χ4v) is 5.01. The maximum absolute atomic E-state index is 14.4. The van der Waals surface area contributed by atoms with Gasteiger partial charge in [0.1, 0.15) is 6.11 Å². The predicted molar refractivity (Wildman–Crippen MR) is 239 cm³/mol. The van der Waals surface area contributed by atoms with Gasteiger partial charge in [0.2, 0.25) is 0 Å². The molecule has 1 heterocycles. The van der Waals surface area contributed by atoms with E-state index < -0.39 is 35.3 Å². The van der Waals surface area contributed by atoms with Gasteiger partial charge in [0.25, 0.3) is 0 Å². The Kier molecular flexibility index (Phi) is 18.8. The van der Waals surface area contributed by atoms with Gasteiger partial charge in [-0.2, -0.15) is 0 Å². The Hall–Kier alpha value is -12.1. The van der Waals surface area contributed by atoms with Crippen LogP contribution >= 0.6 is 0 Å². The van der Waals surface area contributed by atoms with Crippen molar-refractivity contribution in [3.05, 3.63) is 117 Å². The monoisotopic (exact) mass is 1380 g/mol. The van der Waals surface area contributed by atoms with Crippen molar-refractivity contribution in [3.63, 3.8) is 0 Å². The van der Waals surface area contributed by atoms with Gasteiger partial charge in [-0.05, 0) is 134 Å². The van der Waals surface area contributed by atoms with Crippen molar-refractivity contribution >= 4 is 35.3 Å². The predicted octanol–water partition coefficient (Wildman–Crippen LogP) is 4.00. The van der Waals surface area contributed by atoms with E-state index in [9.17, 15) is 28.8 Å². The van der Waals surface area contributed by atoms with Gasteiger partial charge in [0.05, 0.1) is 17.1 Å². The summed E-state index contributed by atoms with van der Waals surface area (Å²) in [6, 6.07) is 12.9. The molecule has 3 N–H and O–H groups in total. The molecule has 0 aliphatic rings. The molecule has 0 saturated heterocycles. The van der Waals surface area contributed by atoms with Gasteiger partial charge in [0, 0.05) is 64.4 Å². The summed E-state index contributed by atoms with van der Waals surface area (Å²) in [6.07, 6.45) is 4.37. The summed E-state index contributed by atoms with van der Waals surface area (Å²) in [4.78, 5) is 80.5. The third-order valence-corrected chi connectivity index (χ3v) is 7.90. The average molecular weight is 1380 g/mol. The van der Waals surface area contributed by atoms with Gasteiger partial charge in [0.15, 0.2) is 0 Å². The van der Waals surface area contributed by atoms with E-state index in [0.29, 0.717) is 30.4 Å². The van der Waals surface area contributed by atoms with Crippen LogP contribution in [0.4, 0.5) is 31.4 Å². The number of aromatic nitrogens is 3. The Morgan fingerprint density at radius 2 is 0.788 bits per heavy atom. The number of aryl methyl sites for hydroxylation is 3. The quantitative estimate of drug-likeness (QED) is 0.134. The molecular formula is C49H30N6O9Rf2-2. The smallest absolute Gasteiger partial charge is 0.425 e. The Balaban J connectivity index is 0.00000748. The van der Waals surface area contributed by atoms with Crippen molar-refractivity contribution in [1.29, 1.82) is 0 Å². The van der Waals surface area contributed by atoms with Crippen LogP contribution in [0.25, 0.3) is 17.1 Å². The fraction of sp³-hybridized carbons (Fsp3) is 0.102. The standard InChI is InChI=1S/C49H30N6O9.2Rf/c1-7-10-11-12-13-14-15-16-17-18-19-20-21-22-23-24-31-64-46(58)52-43-34-40(30-27-37(43)6)55-48(60)53(38-28-25-35(4)41(32-38)50-44(56)62-8-2)47(59)54(49(55)61)39-29-26-36(5)42(33-39)51-45(57)63-9-3;;/h1,25-30,32-34H,2-3,8-9H2,4-6H3,(H,50,56)(H,51,57)(H,52,58);;/q-2;;. The minimum Gasteiger partial charge on any atom is -0.482 e. The van der Waals surface area contributed by atoms with E-state index in [4.69, 9.17) is 20.6 Å². The molecule has 3 amide bonds. The van der Waals surface area contributed by atoms with Crippen LogP contribution in [0.5, 0.6) is 0 Å². The molecule has 4 rings (SSSR count). The SMILES string of the molecule is C#CC#CC#CC#CC#CC#CC#CC#CC#COC(=O)Nc1cc(-n2c(=O)n(-c3ccc(C)c(NC(=O)OC[CH2-])c3)c(=O)n(-c3ccc(C)c(NC(=O)OC[CH2-])c3)c2=O)ccc1C.[Rf].[Rf]. The van der Waals surface area contributed by atoms with Crippen molar-refractivity contribution in [3.8, 4) is 124 Å². The number of hydrogen-bond donors (Lipinski definition) is 3. The third-order valence-electron chi connectivity index (χ3n) is 7.90. The molecule has 4 aromatic rings. The van der Waals surface area contributed by atoms with Crippen molar-refractivity contribution in [2.75, 3.05) is 29.2 Å². The van der Waals surface area contributed by atoms with Crippen molar-refractivity contribution < 1.29 is 28.6 Å². The number of anilines is 3. The number of nitrogens with zero attached hydrogens (tertiary/aromatic N) is 3. The molecule has 0 spiro atoms. The number of terminal acetylenes is 1. The number of carbonyl (C=O) groups excluding carboxylic acids is 3. The molecule has 0 radical (unpaired) electrons. The molecule has 0 atom stereocenters. The van der Waals surface area contributed by atoms with E-state index in [2.05, 4.69) is 131 Å². The van der Waals surface area contributed by atoms with E-state index in [1.165, 1.54) is 54.6 Å². The molecule has 0 saturated carbocycles. The Bertz CT molecular complexity index is 3230. The van der Waals surface area contributed by atoms with Crippen LogP contribution in [0.1, 0.15) is 16.7 Å². The number of carbonyl (C=O) groups is 3. The zero-order valence-corrected chi connectivity index (χ0v) is 48.3. The first-order chi connectivity index (χ1) is 30.9. The number of nitrogens with one attached hydrogen (secondary N) is 3. The summed E-state index contributed by atoms with van der Waals surface area (Å²) in [6.45, 7) is 11.6. The van der Waals surface area contributed by atoms with Gasteiger partial charge in [-0.25, -0.2) is 42.5 Å². The normalized spacial score (nSPS) is 8.55. The zero-order chi connectivity index (χ0) is 46.4. The largest absolute Gasteiger partial charge is 0.482 e. The summed E-state index contributed by atoms with van der Waals surface area (Å²) < 4.78 is 16.8. The molecule has 0 aliphatic heterocycles. The minimum atomic E-state index is -1.12. The van der Waals surface area contributed by atoms with Crippen LogP contribution in [-0.4, -0.2) is 45.2 Å². The van der Waals surface area contributed by atoms with Crippen molar-refractivity contribution in [1.82, 2.24) is 13.7 Å². The molecule has 0 fully saturated rings. The number of rotatable bonds is 8. The van der Waals surface area contributed by atoms with Gasteiger partial charge < -0.3 is 28.1 Å². The molecule has 15 nitrogen and oxygen atoms in total. The van der Waals surface area contributed by atoms with E-state index >= 15 is 0 Å². The Labute approximate surface area is 367 Å². The van der Waals surface area contributed by atoms with Crippen LogP contribution in [0, 0.1) is 142 Å².